The maximum Gasteiger partial charge on any atom is 0.305 e. The summed E-state index contributed by atoms with van der Waals surface area (Å²) in [6, 6.07) is 3.86. The van der Waals surface area contributed by atoms with Crippen LogP contribution in [-0.4, -0.2) is 36.3 Å². The molecule has 1 N–H and O–H groups in total. The van der Waals surface area contributed by atoms with E-state index in [1.807, 2.05) is 12.1 Å². The smallest absolute Gasteiger partial charge is 0.305 e. The maximum absolute atomic E-state index is 10.5. The zero-order chi connectivity index (χ0) is 12.8. The van der Waals surface area contributed by atoms with Gasteiger partial charge < -0.3 is 5.11 Å². The predicted molar refractivity (Wildman–Crippen MR) is 61.7 cm³/mol. The Morgan fingerprint density at radius 3 is 3.00 bits per heavy atom. The van der Waals surface area contributed by atoms with Gasteiger partial charge >= 0.3 is 5.97 Å². The quantitative estimate of drug-likeness (QED) is 0.790. The number of hydrogen-bond acceptors (Lipinski definition) is 5. The van der Waals surface area contributed by atoms with Crippen LogP contribution in [0.4, 0.5) is 0 Å². The van der Waals surface area contributed by atoms with E-state index in [1.54, 1.807) is 12.4 Å². The van der Waals surface area contributed by atoms with Crippen LogP contribution in [-0.2, 0) is 24.2 Å². The summed E-state index contributed by atoms with van der Waals surface area (Å²) in [6.45, 7) is 0.296. The van der Waals surface area contributed by atoms with Crippen LogP contribution < -0.4 is 0 Å². The number of carboxylic acids is 1. The zero-order valence-electron chi connectivity index (χ0n) is 9.73. The SMILES string of the molecule is O=C(O)CCn1nnnc1CCc1cccnc1. The number of hydrogen-bond donors (Lipinski definition) is 1. The summed E-state index contributed by atoms with van der Waals surface area (Å²) in [4.78, 5) is 14.5. The number of aryl methyl sites for hydroxylation is 3. The second-order valence-electron chi connectivity index (χ2n) is 3.82. The van der Waals surface area contributed by atoms with E-state index < -0.39 is 5.97 Å². The van der Waals surface area contributed by atoms with E-state index in [9.17, 15) is 4.79 Å². The highest BCUT2D eigenvalue weighted by molar-refractivity contribution is 5.66. The van der Waals surface area contributed by atoms with Crippen LogP contribution in [0.5, 0.6) is 0 Å². The van der Waals surface area contributed by atoms with Gasteiger partial charge in [-0.25, -0.2) is 4.68 Å². The molecule has 0 saturated heterocycles. The number of carbonyl (C=O) groups is 1. The van der Waals surface area contributed by atoms with Crippen molar-refractivity contribution in [1.29, 1.82) is 0 Å². The van der Waals surface area contributed by atoms with Gasteiger partial charge in [-0.15, -0.1) is 5.10 Å². The fourth-order valence-corrected chi connectivity index (χ4v) is 1.58. The van der Waals surface area contributed by atoms with Crippen molar-refractivity contribution in [3.05, 3.63) is 35.9 Å². The first-order valence-electron chi connectivity index (χ1n) is 5.61. The van der Waals surface area contributed by atoms with Gasteiger partial charge in [-0.3, -0.25) is 9.78 Å². The van der Waals surface area contributed by atoms with E-state index in [-0.39, 0.29) is 6.42 Å². The summed E-state index contributed by atoms with van der Waals surface area (Å²) in [5.41, 5.74) is 1.10. The number of rotatable bonds is 6. The van der Waals surface area contributed by atoms with E-state index in [4.69, 9.17) is 5.11 Å². The Bertz CT molecular complexity index is 511. The molecule has 7 heteroatoms. The third kappa shape index (κ3) is 3.34. The van der Waals surface area contributed by atoms with Crippen LogP contribution in [0.25, 0.3) is 0 Å². The second-order valence-corrected chi connectivity index (χ2v) is 3.82. The number of pyridine rings is 1. The molecule has 0 saturated carbocycles. The van der Waals surface area contributed by atoms with Crippen LogP contribution in [0.2, 0.25) is 0 Å². The molecule has 0 unspecified atom stereocenters. The monoisotopic (exact) mass is 247 g/mol. The highest BCUT2D eigenvalue weighted by atomic mass is 16.4. The van der Waals surface area contributed by atoms with Crippen molar-refractivity contribution in [2.45, 2.75) is 25.8 Å². The van der Waals surface area contributed by atoms with Crippen molar-refractivity contribution in [3.63, 3.8) is 0 Å². The molecule has 0 bridgehead atoms. The number of aliphatic carboxylic acids is 1. The Kier molecular flexibility index (Phi) is 3.95. The summed E-state index contributed by atoms with van der Waals surface area (Å²) in [6.07, 6.45) is 4.98. The zero-order valence-corrected chi connectivity index (χ0v) is 9.73. The van der Waals surface area contributed by atoms with Gasteiger partial charge in [0.05, 0.1) is 13.0 Å². The van der Waals surface area contributed by atoms with Gasteiger partial charge in [0.25, 0.3) is 0 Å². The van der Waals surface area contributed by atoms with Crippen molar-refractivity contribution in [1.82, 2.24) is 25.2 Å². The molecule has 0 amide bonds. The first kappa shape index (κ1) is 12.2. The standard InChI is InChI=1S/C11H13N5O2/c17-11(18)5-7-16-10(13-14-15-16)4-3-9-2-1-6-12-8-9/h1-2,6,8H,3-5,7H2,(H,17,18). The van der Waals surface area contributed by atoms with Crippen molar-refractivity contribution in [2.75, 3.05) is 0 Å². The molecular weight excluding hydrogens is 234 g/mol. The highest BCUT2D eigenvalue weighted by Crippen LogP contribution is 2.03. The average Bonchev–Trinajstić information content (AvgIpc) is 2.82. The summed E-state index contributed by atoms with van der Waals surface area (Å²) < 4.78 is 1.53. The van der Waals surface area contributed by atoms with Gasteiger partial charge in [-0.05, 0) is 28.5 Å². The number of carboxylic acid groups (broad SMARTS) is 1. The molecule has 0 fully saturated rings. The Balaban J connectivity index is 1.93. The predicted octanol–water partition coefficient (Wildman–Crippen LogP) is 0.328. The molecule has 2 aromatic rings. The third-order valence-electron chi connectivity index (χ3n) is 2.50. The van der Waals surface area contributed by atoms with Gasteiger partial charge in [0.2, 0.25) is 0 Å². The van der Waals surface area contributed by atoms with Crippen LogP contribution in [0, 0.1) is 0 Å². The van der Waals surface area contributed by atoms with E-state index in [1.165, 1.54) is 4.68 Å². The summed E-state index contributed by atoms with van der Waals surface area (Å²) in [5, 5.41) is 19.9. The average molecular weight is 247 g/mol. The van der Waals surface area contributed by atoms with Crippen LogP contribution in [0.1, 0.15) is 17.8 Å². The molecule has 18 heavy (non-hydrogen) atoms. The van der Waals surface area contributed by atoms with E-state index in [0.29, 0.717) is 18.8 Å². The van der Waals surface area contributed by atoms with Gasteiger partial charge in [0.15, 0.2) is 5.82 Å². The first-order chi connectivity index (χ1) is 8.75. The van der Waals surface area contributed by atoms with Gasteiger partial charge in [-0.2, -0.15) is 0 Å². The van der Waals surface area contributed by atoms with Crippen molar-refractivity contribution in [2.24, 2.45) is 0 Å². The van der Waals surface area contributed by atoms with Crippen LogP contribution in [0.15, 0.2) is 24.5 Å². The Morgan fingerprint density at radius 2 is 2.28 bits per heavy atom. The first-order valence-corrected chi connectivity index (χ1v) is 5.61. The van der Waals surface area contributed by atoms with E-state index in [0.717, 1.165) is 12.0 Å². The molecule has 0 atom stereocenters. The molecule has 7 nitrogen and oxygen atoms in total. The van der Waals surface area contributed by atoms with Crippen LogP contribution >= 0.6 is 0 Å². The molecule has 0 aromatic carbocycles. The van der Waals surface area contributed by atoms with Gasteiger partial charge in [0.1, 0.15) is 0 Å². The summed E-state index contributed by atoms with van der Waals surface area (Å²) in [5.74, 6) is -0.163. The third-order valence-corrected chi connectivity index (χ3v) is 2.50. The Morgan fingerprint density at radius 1 is 1.39 bits per heavy atom. The maximum atomic E-state index is 10.5. The number of tetrazole rings is 1. The molecule has 0 aliphatic carbocycles. The van der Waals surface area contributed by atoms with Crippen molar-refractivity contribution >= 4 is 5.97 Å². The number of nitrogens with zero attached hydrogens (tertiary/aromatic N) is 5. The van der Waals surface area contributed by atoms with Gasteiger partial charge in [0, 0.05) is 18.8 Å². The molecule has 2 rings (SSSR count). The number of aromatic nitrogens is 5. The molecular formula is C11H13N5O2. The fourth-order valence-electron chi connectivity index (χ4n) is 1.58. The van der Waals surface area contributed by atoms with Gasteiger partial charge in [-0.1, -0.05) is 6.07 Å². The molecule has 2 aromatic heterocycles. The lowest BCUT2D eigenvalue weighted by Crippen LogP contribution is -2.10. The lowest BCUT2D eigenvalue weighted by atomic mass is 10.1. The summed E-state index contributed by atoms with van der Waals surface area (Å²) >= 11 is 0. The van der Waals surface area contributed by atoms with Crippen molar-refractivity contribution < 1.29 is 9.90 Å². The largest absolute Gasteiger partial charge is 0.481 e. The molecule has 0 aliphatic heterocycles. The molecule has 0 spiro atoms. The second kappa shape index (κ2) is 5.85. The Labute approximate surface area is 103 Å². The molecule has 94 valence electrons. The van der Waals surface area contributed by atoms with Crippen molar-refractivity contribution in [3.8, 4) is 0 Å². The lowest BCUT2D eigenvalue weighted by molar-refractivity contribution is -0.137. The minimum atomic E-state index is -0.858. The molecule has 2 heterocycles. The molecule has 0 radical (unpaired) electrons. The van der Waals surface area contributed by atoms with E-state index >= 15 is 0 Å². The topological polar surface area (TPSA) is 93.8 Å². The minimum absolute atomic E-state index is 0.0188. The molecule has 0 aliphatic rings. The van der Waals surface area contributed by atoms with Crippen LogP contribution in [0.3, 0.4) is 0 Å². The fraction of sp³-hybridized carbons (Fsp3) is 0.364. The lowest BCUT2D eigenvalue weighted by Gasteiger charge is -2.02. The summed E-state index contributed by atoms with van der Waals surface area (Å²) in [7, 11) is 0. The Hall–Kier alpha value is -2.31. The highest BCUT2D eigenvalue weighted by Gasteiger charge is 2.07. The normalized spacial score (nSPS) is 10.4. The van der Waals surface area contributed by atoms with E-state index in [2.05, 4.69) is 20.5 Å². The minimum Gasteiger partial charge on any atom is -0.481 e.